The number of rotatable bonds is 46. The molecule has 0 rings (SSSR count). The van der Waals surface area contributed by atoms with Crippen molar-refractivity contribution in [2.75, 3.05) is 13.2 Å². The van der Waals surface area contributed by atoms with E-state index < -0.39 is 6.10 Å². The van der Waals surface area contributed by atoms with Crippen molar-refractivity contribution in [2.45, 2.75) is 292 Å². The first-order valence-electron chi connectivity index (χ1n) is 26.1. The SMILES string of the molecule is CCC(C)CCCCCCCCCCC(=O)OC[C@@H](COC(=O)CCCCCCCCCCCCCCCCC(C)C)OC(=O)CCCCCCCCCCCC(C)C. The van der Waals surface area contributed by atoms with Gasteiger partial charge in [-0.15, -0.1) is 0 Å². The lowest BCUT2D eigenvalue weighted by molar-refractivity contribution is -0.167. The largest absolute Gasteiger partial charge is 0.462 e. The fourth-order valence-corrected chi connectivity index (χ4v) is 7.91. The summed E-state index contributed by atoms with van der Waals surface area (Å²) in [6.07, 6.45) is 43.7. The monoisotopic (exact) mass is 835 g/mol. The lowest BCUT2D eigenvalue weighted by Gasteiger charge is -2.18. The molecule has 0 spiro atoms. The Morgan fingerprint density at radius 3 is 0.881 bits per heavy atom. The zero-order valence-electron chi connectivity index (χ0n) is 40.5. The van der Waals surface area contributed by atoms with E-state index in [0.717, 1.165) is 75.5 Å². The highest BCUT2D eigenvalue weighted by Crippen LogP contribution is 2.18. The Balaban J connectivity index is 4.30. The van der Waals surface area contributed by atoms with Gasteiger partial charge in [0.15, 0.2) is 6.10 Å². The number of carbonyl (C=O) groups excluding carboxylic acids is 3. The van der Waals surface area contributed by atoms with Crippen molar-refractivity contribution in [3.63, 3.8) is 0 Å². The van der Waals surface area contributed by atoms with E-state index in [1.165, 1.54) is 167 Å². The normalized spacial score (nSPS) is 12.6. The first kappa shape index (κ1) is 57.4. The highest BCUT2D eigenvalue weighted by molar-refractivity contribution is 5.71. The third kappa shape index (κ3) is 45.8. The molecule has 0 aliphatic heterocycles. The van der Waals surface area contributed by atoms with Gasteiger partial charge in [0.25, 0.3) is 0 Å². The van der Waals surface area contributed by atoms with Crippen molar-refractivity contribution in [1.82, 2.24) is 0 Å². The second-order valence-corrected chi connectivity index (χ2v) is 19.4. The summed E-state index contributed by atoms with van der Waals surface area (Å²) in [5.74, 6) is 1.64. The summed E-state index contributed by atoms with van der Waals surface area (Å²) in [7, 11) is 0. The maximum Gasteiger partial charge on any atom is 0.306 e. The summed E-state index contributed by atoms with van der Waals surface area (Å²) in [5, 5.41) is 0. The lowest BCUT2D eigenvalue weighted by atomic mass is 9.99. The average Bonchev–Trinajstić information content (AvgIpc) is 3.20. The molecule has 59 heavy (non-hydrogen) atoms. The molecule has 0 N–H and O–H groups in total. The Kier molecular flexibility index (Phi) is 43.3. The first-order chi connectivity index (χ1) is 28.6. The van der Waals surface area contributed by atoms with Crippen molar-refractivity contribution in [1.29, 1.82) is 0 Å². The quantitative estimate of drug-likeness (QED) is 0.0345. The van der Waals surface area contributed by atoms with E-state index >= 15 is 0 Å². The van der Waals surface area contributed by atoms with Crippen LogP contribution < -0.4 is 0 Å². The van der Waals surface area contributed by atoms with Crippen molar-refractivity contribution < 1.29 is 28.6 Å². The Morgan fingerprint density at radius 2 is 0.593 bits per heavy atom. The van der Waals surface area contributed by atoms with Gasteiger partial charge in [0, 0.05) is 19.3 Å². The Bertz CT molecular complexity index is 916. The molecule has 0 aromatic carbocycles. The maximum atomic E-state index is 12.8. The van der Waals surface area contributed by atoms with Crippen LogP contribution in [0.15, 0.2) is 0 Å². The van der Waals surface area contributed by atoms with Crippen molar-refractivity contribution in [3.05, 3.63) is 0 Å². The van der Waals surface area contributed by atoms with Crippen molar-refractivity contribution >= 4 is 17.9 Å². The predicted molar refractivity (Wildman–Crippen MR) is 252 cm³/mol. The summed E-state index contributed by atoms with van der Waals surface area (Å²) in [6.45, 7) is 13.7. The van der Waals surface area contributed by atoms with Crippen LogP contribution >= 0.6 is 0 Å². The third-order valence-corrected chi connectivity index (χ3v) is 12.3. The molecule has 0 saturated carbocycles. The molecule has 350 valence electrons. The molecule has 0 bridgehead atoms. The van der Waals surface area contributed by atoms with Gasteiger partial charge in [-0.2, -0.15) is 0 Å². The molecule has 0 aromatic rings. The average molecular weight is 835 g/mol. The Morgan fingerprint density at radius 1 is 0.339 bits per heavy atom. The number of unbranched alkanes of at least 4 members (excludes halogenated alkanes) is 28. The molecule has 2 atom stereocenters. The van der Waals surface area contributed by atoms with Crippen LogP contribution in [0.5, 0.6) is 0 Å². The summed E-state index contributed by atoms with van der Waals surface area (Å²) >= 11 is 0. The summed E-state index contributed by atoms with van der Waals surface area (Å²) in [4.78, 5) is 37.9. The van der Waals surface area contributed by atoms with Gasteiger partial charge in [-0.3, -0.25) is 14.4 Å². The topological polar surface area (TPSA) is 78.9 Å². The van der Waals surface area contributed by atoms with Crippen LogP contribution in [0.25, 0.3) is 0 Å². The fraction of sp³-hybridized carbons (Fsp3) is 0.943. The van der Waals surface area contributed by atoms with Gasteiger partial charge in [0.1, 0.15) is 13.2 Å². The molecule has 0 aliphatic rings. The molecular formula is C53H102O6. The molecule has 0 saturated heterocycles. The molecule has 0 amide bonds. The number of hydrogen-bond donors (Lipinski definition) is 0. The molecule has 0 aromatic heterocycles. The Hall–Kier alpha value is -1.59. The van der Waals surface area contributed by atoms with Crippen LogP contribution in [0.1, 0.15) is 286 Å². The van der Waals surface area contributed by atoms with Gasteiger partial charge in [-0.1, -0.05) is 247 Å². The first-order valence-corrected chi connectivity index (χ1v) is 26.1. The van der Waals surface area contributed by atoms with Gasteiger partial charge in [0.2, 0.25) is 0 Å². The zero-order chi connectivity index (χ0) is 43.4. The molecule has 0 radical (unpaired) electrons. The van der Waals surface area contributed by atoms with E-state index in [1.807, 2.05) is 0 Å². The third-order valence-electron chi connectivity index (χ3n) is 12.3. The van der Waals surface area contributed by atoms with Crippen LogP contribution in [-0.4, -0.2) is 37.2 Å². The zero-order valence-corrected chi connectivity index (χ0v) is 40.5. The molecule has 0 fully saturated rings. The number of esters is 3. The van der Waals surface area contributed by atoms with E-state index in [-0.39, 0.29) is 31.1 Å². The smallest absolute Gasteiger partial charge is 0.306 e. The van der Waals surface area contributed by atoms with Gasteiger partial charge in [-0.05, 0) is 37.0 Å². The van der Waals surface area contributed by atoms with Crippen LogP contribution in [0.3, 0.4) is 0 Å². The van der Waals surface area contributed by atoms with Crippen molar-refractivity contribution in [2.24, 2.45) is 17.8 Å². The van der Waals surface area contributed by atoms with Crippen LogP contribution in [0, 0.1) is 17.8 Å². The van der Waals surface area contributed by atoms with E-state index in [2.05, 4.69) is 41.5 Å². The lowest BCUT2D eigenvalue weighted by Crippen LogP contribution is -2.30. The minimum Gasteiger partial charge on any atom is -0.462 e. The fourth-order valence-electron chi connectivity index (χ4n) is 7.91. The standard InChI is InChI=1S/C53H102O6/c1-7-49(6)41-35-29-23-19-20-25-31-37-43-52(55)58-46-50(59-53(56)44-38-32-26-18-14-16-22-28-34-40-48(4)5)45-57-51(54)42-36-30-24-17-13-11-9-8-10-12-15-21-27-33-39-47(2)3/h47-50H,7-46H2,1-6H3/t49?,50-/m1/s1. The predicted octanol–water partition coefficient (Wildman–Crippen LogP) is 16.8. The molecule has 6 heteroatoms. The van der Waals surface area contributed by atoms with Crippen LogP contribution in [-0.2, 0) is 28.6 Å². The van der Waals surface area contributed by atoms with Gasteiger partial charge < -0.3 is 14.2 Å². The highest BCUT2D eigenvalue weighted by atomic mass is 16.6. The van der Waals surface area contributed by atoms with Crippen LogP contribution in [0.2, 0.25) is 0 Å². The molecular weight excluding hydrogens is 733 g/mol. The summed E-state index contributed by atoms with van der Waals surface area (Å²) in [5.41, 5.74) is 0. The van der Waals surface area contributed by atoms with Crippen molar-refractivity contribution in [3.8, 4) is 0 Å². The molecule has 6 nitrogen and oxygen atoms in total. The number of hydrogen-bond acceptors (Lipinski definition) is 6. The molecule has 0 heterocycles. The van der Waals surface area contributed by atoms with Crippen LogP contribution in [0.4, 0.5) is 0 Å². The van der Waals surface area contributed by atoms with E-state index in [1.54, 1.807) is 0 Å². The van der Waals surface area contributed by atoms with E-state index in [9.17, 15) is 14.4 Å². The van der Waals surface area contributed by atoms with Gasteiger partial charge >= 0.3 is 17.9 Å². The van der Waals surface area contributed by atoms with E-state index in [4.69, 9.17) is 14.2 Å². The maximum absolute atomic E-state index is 12.8. The summed E-state index contributed by atoms with van der Waals surface area (Å²) < 4.78 is 16.8. The van der Waals surface area contributed by atoms with E-state index in [0.29, 0.717) is 19.3 Å². The molecule has 1 unspecified atom stereocenters. The minimum absolute atomic E-state index is 0.0650. The van der Waals surface area contributed by atoms with Gasteiger partial charge in [-0.25, -0.2) is 0 Å². The second kappa shape index (κ2) is 44.5. The number of carbonyl (C=O) groups is 3. The molecule has 0 aliphatic carbocycles. The minimum atomic E-state index is -0.763. The summed E-state index contributed by atoms with van der Waals surface area (Å²) in [6, 6.07) is 0. The number of ether oxygens (including phenoxy) is 3. The Labute approximate surface area is 368 Å². The van der Waals surface area contributed by atoms with Gasteiger partial charge in [0.05, 0.1) is 0 Å². The second-order valence-electron chi connectivity index (χ2n) is 19.4. The highest BCUT2D eigenvalue weighted by Gasteiger charge is 2.19.